The lowest BCUT2D eigenvalue weighted by Crippen LogP contribution is -2.50. The largest absolute Gasteiger partial charge is 0.480 e. The highest BCUT2D eigenvalue weighted by Gasteiger charge is 2.38. The maximum Gasteiger partial charge on any atom is 0.323 e. The van der Waals surface area contributed by atoms with Crippen LogP contribution in [0.25, 0.3) is 0 Å². The van der Waals surface area contributed by atoms with Crippen molar-refractivity contribution < 1.29 is 14.8 Å². The zero-order chi connectivity index (χ0) is 15.5. The van der Waals surface area contributed by atoms with E-state index in [9.17, 15) is 20.0 Å². The minimum Gasteiger partial charge on any atom is -0.480 e. The predicted molar refractivity (Wildman–Crippen MR) is 80.6 cm³/mol. The second kappa shape index (κ2) is 6.44. The van der Waals surface area contributed by atoms with Gasteiger partial charge in [0.1, 0.15) is 5.54 Å². The molecule has 1 aromatic rings. The number of hydrogen-bond acceptors (Lipinski definition) is 5. The number of aliphatic carboxylic acids is 1. The molecule has 1 aliphatic carbocycles. The number of carbonyl (C=O) groups is 1. The molecular weight excluding hydrogens is 292 g/mol. The van der Waals surface area contributed by atoms with Crippen molar-refractivity contribution in [3.8, 4) is 0 Å². The van der Waals surface area contributed by atoms with Crippen LogP contribution in [0.1, 0.15) is 26.2 Å². The number of nitro benzene ring substituents is 1. The molecule has 1 aliphatic rings. The standard InChI is InChI=1S/C14H18N2O4S/c1-14(13(17)18,15-10-6-7-10)8-9-21-12-5-3-2-4-11(12)16(19)20/h2-5,10,15H,6-9H2,1H3,(H,17,18). The van der Waals surface area contributed by atoms with Crippen molar-refractivity contribution in [1.29, 1.82) is 0 Å². The Morgan fingerprint density at radius 2 is 2.19 bits per heavy atom. The van der Waals surface area contributed by atoms with Gasteiger partial charge in [-0.05, 0) is 32.3 Å². The molecule has 0 aliphatic heterocycles. The fraction of sp³-hybridized carbons (Fsp3) is 0.500. The molecule has 0 bridgehead atoms. The lowest BCUT2D eigenvalue weighted by Gasteiger charge is -2.26. The molecule has 1 unspecified atom stereocenters. The number of hydrogen-bond donors (Lipinski definition) is 2. The Morgan fingerprint density at radius 3 is 2.76 bits per heavy atom. The van der Waals surface area contributed by atoms with Gasteiger partial charge in [0.15, 0.2) is 0 Å². The molecule has 6 nitrogen and oxygen atoms in total. The molecular formula is C14H18N2O4S. The van der Waals surface area contributed by atoms with Crippen LogP contribution in [0.15, 0.2) is 29.2 Å². The van der Waals surface area contributed by atoms with Crippen molar-refractivity contribution in [2.24, 2.45) is 0 Å². The quantitative estimate of drug-likeness (QED) is 0.436. The van der Waals surface area contributed by atoms with Gasteiger partial charge in [-0.3, -0.25) is 20.2 Å². The number of rotatable bonds is 8. The summed E-state index contributed by atoms with van der Waals surface area (Å²) in [5.74, 6) is -0.370. The molecule has 0 saturated heterocycles. The second-order valence-electron chi connectivity index (χ2n) is 5.38. The van der Waals surface area contributed by atoms with Crippen molar-refractivity contribution in [2.45, 2.75) is 42.7 Å². The summed E-state index contributed by atoms with van der Waals surface area (Å²) in [6, 6.07) is 6.81. The van der Waals surface area contributed by atoms with Gasteiger partial charge >= 0.3 is 5.97 Å². The van der Waals surface area contributed by atoms with Gasteiger partial charge in [0.2, 0.25) is 0 Å². The van der Waals surface area contributed by atoms with Gasteiger partial charge in [0.25, 0.3) is 5.69 Å². The molecule has 0 amide bonds. The third kappa shape index (κ3) is 4.18. The van der Waals surface area contributed by atoms with Crippen LogP contribution in [0.5, 0.6) is 0 Å². The van der Waals surface area contributed by atoms with Gasteiger partial charge in [-0.2, -0.15) is 0 Å². The molecule has 0 spiro atoms. The maximum atomic E-state index is 11.4. The van der Waals surface area contributed by atoms with E-state index >= 15 is 0 Å². The summed E-state index contributed by atoms with van der Waals surface area (Å²) in [5.41, 5.74) is -0.910. The fourth-order valence-electron chi connectivity index (χ4n) is 2.01. The summed E-state index contributed by atoms with van der Waals surface area (Å²) in [5, 5.41) is 23.4. The Labute approximate surface area is 127 Å². The van der Waals surface area contributed by atoms with Crippen LogP contribution < -0.4 is 5.32 Å². The van der Waals surface area contributed by atoms with Crippen molar-refractivity contribution in [1.82, 2.24) is 5.32 Å². The molecule has 1 saturated carbocycles. The zero-order valence-electron chi connectivity index (χ0n) is 11.7. The van der Waals surface area contributed by atoms with E-state index in [2.05, 4.69) is 5.32 Å². The number of carboxylic acid groups (broad SMARTS) is 1. The monoisotopic (exact) mass is 310 g/mol. The fourth-order valence-corrected chi connectivity index (χ4v) is 3.21. The number of nitrogens with one attached hydrogen (secondary N) is 1. The van der Waals surface area contributed by atoms with Gasteiger partial charge in [-0.15, -0.1) is 11.8 Å². The van der Waals surface area contributed by atoms with E-state index in [1.165, 1.54) is 17.8 Å². The minimum atomic E-state index is -0.974. The normalized spacial score (nSPS) is 17.2. The summed E-state index contributed by atoms with van der Waals surface area (Å²) in [4.78, 5) is 22.5. The molecule has 114 valence electrons. The Bertz CT molecular complexity index is 548. The number of benzene rings is 1. The van der Waals surface area contributed by atoms with Crippen LogP contribution in [0.4, 0.5) is 5.69 Å². The molecule has 0 radical (unpaired) electrons. The van der Waals surface area contributed by atoms with Crippen LogP contribution >= 0.6 is 11.8 Å². The molecule has 0 heterocycles. The van der Waals surface area contributed by atoms with Crippen molar-refractivity contribution in [3.63, 3.8) is 0 Å². The number of nitro groups is 1. The van der Waals surface area contributed by atoms with Gasteiger partial charge in [-0.1, -0.05) is 12.1 Å². The van der Waals surface area contributed by atoms with E-state index in [0.29, 0.717) is 23.1 Å². The third-order valence-corrected chi connectivity index (χ3v) is 4.56. The highest BCUT2D eigenvalue weighted by Crippen LogP contribution is 2.31. The first-order valence-electron chi connectivity index (χ1n) is 6.80. The van der Waals surface area contributed by atoms with Crippen LogP contribution in [-0.2, 0) is 4.79 Å². The summed E-state index contributed by atoms with van der Waals surface area (Å²) >= 11 is 1.32. The predicted octanol–water partition coefficient (Wildman–Crippen LogP) is 2.67. The smallest absolute Gasteiger partial charge is 0.323 e. The van der Waals surface area contributed by atoms with Gasteiger partial charge in [-0.25, -0.2) is 0 Å². The summed E-state index contributed by atoms with van der Waals surface area (Å²) < 4.78 is 0. The summed E-state index contributed by atoms with van der Waals surface area (Å²) in [6.07, 6.45) is 2.44. The highest BCUT2D eigenvalue weighted by atomic mass is 32.2. The second-order valence-corrected chi connectivity index (χ2v) is 6.52. The molecule has 2 N–H and O–H groups in total. The van der Waals surface area contributed by atoms with Gasteiger partial charge < -0.3 is 5.11 Å². The Hall–Kier alpha value is -1.60. The lowest BCUT2D eigenvalue weighted by molar-refractivity contribution is -0.387. The summed E-state index contributed by atoms with van der Waals surface area (Å²) in [6.45, 7) is 1.67. The van der Waals surface area contributed by atoms with Crippen molar-refractivity contribution in [3.05, 3.63) is 34.4 Å². The zero-order valence-corrected chi connectivity index (χ0v) is 12.6. The minimum absolute atomic E-state index is 0.0645. The van der Waals surface area contributed by atoms with E-state index < -0.39 is 16.4 Å². The Balaban J connectivity index is 1.96. The number of para-hydroxylation sites is 1. The third-order valence-electron chi connectivity index (χ3n) is 3.49. The van der Waals surface area contributed by atoms with Gasteiger partial charge in [0.05, 0.1) is 9.82 Å². The molecule has 7 heteroatoms. The average Bonchev–Trinajstić information content (AvgIpc) is 3.22. The van der Waals surface area contributed by atoms with Crippen molar-refractivity contribution in [2.75, 3.05) is 5.75 Å². The first-order chi connectivity index (χ1) is 9.92. The summed E-state index contributed by atoms with van der Waals surface area (Å²) in [7, 11) is 0. The maximum absolute atomic E-state index is 11.4. The molecule has 1 aromatic carbocycles. The Kier molecular flexibility index (Phi) is 4.84. The van der Waals surface area contributed by atoms with E-state index in [4.69, 9.17) is 0 Å². The van der Waals surface area contributed by atoms with Crippen LogP contribution in [0.2, 0.25) is 0 Å². The van der Waals surface area contributed by atoms with E-state index in [0.717, 1.165) is 12.8 Å². The molecule has 0 aromatic heterocycles. The highest BCUT2D eigenvalue weighted by molar-refractivity contribution is 7.99. The van der Waals surface area contributed by atoms with Crippen LogP contribution in [-0.4, -0.2) is 33.3 Å². The lowest BCUT2D eigenvalue weighted by atomic mass is 9.99. The first-order valence-corrected chi connectivity index (χ1v) is 7.78. The van der Waals surface area contributed by atoms with Crippen LogP contribution in [0, 0.1) is 10.1 Å². The number of nitrogens with zero attached hydrogens (tertiary/aromatic N) is 1. The molecule has 21 heavy (non-hydrogen) atoms. The molecule has 2 rings (SSSR count). The van der Waals surface area contributed by atoms with Crippen molar-refractivity contribution >= 4 is 23.4 Å². The SMILES string of the molecule is CC(CCSc1ccccc1[N+](=O)[O-])(NC1CC1)C(=O)O. The average molecular weight is 310 g/mol. The van der Waals surface area contributed by atoms with Gasteiger partial charge in [0, 0.05) is 17.9 Å². The Morgan fingerprint density at radius 1 is 1.52 bits per heavy atom. The van der Waals surface area contributed by atoms with E-state index in [1.54, 1.807) is 25.1 Å². The number of thioether (sulfide) groups is 1. The van der Waals surface area contributed by atoms with Crippen LogP contribution in [0.3, 0.4) is 0 Å². The molecule has 1 atom stereocenters. The molecule has 1 fully saturated rings. The van der Waals surface area contributed by atoms with E-state index in [1.807, 2.05) is 0 Å². The first kappa shape index (κ1) is 15.8. The van der Waals surface area contributed by atoms with E-state index in [-0.39, 0.29) is 5.69 Å². The number of carboxylic acids is 1. The topological polar surface area (TPSA) is 92.5 Å².